The molecule has 5 nitrogen and oxygen atoms in total. The van der Waals surface area contributed by atoms with E-state index >= 15 is 0 Å². The van der Waals surface area contributed by atoms with Gasteiger partial charge in [0.25, 0.3) is 0 Å². The first-order chi connectivity index (χ1) is 10.3. The van der Waals surface area contributed by atoms with Gasteiger partial charge in [-0.15, -0.1) is 0 Å². The Morgan fingerprint density at radius 1 is 1.05 bits per heavy atom. The third-order valence-electron chi connectivity index (χ3n) is 4.70. The van der Waals surface area contributed by atoms with E-state index in [1.807, 2.05) is 6.20 Å². The molecule has 0 saturated carbocycles. The summed E-state index contributed by atoms with van der Waals surface area (Å²) in [7, 11) is 0. The molecule has 0 aromatic carbocycles. The van der Waals surface area contributed by atoms with Crippen molar-refractivity contribution in [1.29, 1.82) is 0 Å². The molecule has 116 valence electrons. The SMILES string of the molecule is Nc1cnc(CC2CCCNC2)nc1CC1CCCNC1. The topological polar surface area (TPSA) is 75.9 Å². The normalized spacial score (nSPS) is 26.7. The Morgan fingerprint density at radius 2 is 1.71 bits per heavy atom. The maximum atomic E-state index is 6.08. The van der Waals surface area contributed by atoms with Crippen molar-refractivity contribution >= 4 is 5.69 Å². The van der Waals surface area contributed by atoms with Gasteiger partial charge in [0, 0.05) is 6.42 Å². The van der Waals surface area contributed by atoms with Gasteiger partial charge in [0.05, 0.1) is 17.6 Å². The molecule has 5 heteroatoms. The number of nitrogens with two attached hydrogens (primary N) is 1. The van der Waals surface area contributed by atoms with Crippen LogP contribution in [0.15, 0.2) is 6.20 Å². The van der Waals surface area contributed by atoms with E-state index in [0.717, 1.165) is 56.2 Å². The number of hydrogen-bond acceptors (Lipinski definition) is 5. The second-order valence-electron chi connectivity index (χ2n) is 6.52. The van der Waals surface area contributed by atoms with Crippen LogP contribution in [0.1, 0.15) is 37.2 Å². The molecule has 3 heterocycles. The highest BCUT2D eigenvalue weighted by atomic mass is 14.9. The van der Waals surface area contributed by atoms with E-state index in [9.17, 15) is 0 Å². The zero-order valence-corrected chi connectivity index (χ0v) is 12.8. The Kier molecular flexibility index (Phi) is 5.04. The summed E-state index contributed by atoms with van der Waals surface area (Å²) in [6, 6.07) is 0. The quantitative estimate of drug-likeness (QED) is 0.775. The number of hydrogen-bond donors (Lipinski definition) is 3. The van der Waals surface area contributed by atoms with Gasteiger partial charge in [-0.25, -0.2) is 9.97 Å². The molecule has 2 aliphatic rings. The molecule has 1 aromatic heterocycles. The molecule has 2 aliphatic heterocycles. The van der Waals surface area contributed by atoms with Crippen LogP contribution in [0.4, 0.5) is 5.69 Å². The van der Waals surface area contributed by atoms with E-state index in [1.54, 1.807) is 0 Å². The Hall–Kier alpha value is -1.20. The monoisotopic (exact) mass is 289 g/mol. The Morgan fingerprint density at radius 3 is 2.33 bits per heavy atom. The van der Waals surface area contributed by atoms with Crippen molar-refractivity contribution in [3.63, 3.8) is 0 Å². The molecule has 0 bridgehead atoms. The van der Waals surface area contributed by atoms with E-state index in [4.69, 9.17) is 10.7 Å². The highest BCUT2D eigenvalue weighted by Crippen LogP contribution is 2.20. The predicted octanol–water partition coefficient (Wildman–Crippen LogP) is 1.14. The molecule has 21 heavy (non-hydrogen) atoms. The third kappa shape index (κ3) is 4.14. The number of piperidine rings is 2. The highest BCUT2D eigenvalue weighted by molar-refractivity contribution is 5.40. The van der Waals surface area contributed by atoms with Gasteiger partial charge >= 0.3 is 0 Å². The predicted molar refractivity (Wildman–Crippen MR) is 85.0 cm³/mol. The van der Waals surface area contributed by atoms with Crippen LogP contribution in [-0.4, -0.2) is 36.1 Å². The molecule has 1 aromatic rings. The van der Waals surface area contributed by atoms with Crippen LogP contribution in [0, 0.1) is 11.8 Å². The molecule has 2 atom stereocenters. The van der Waals surface area contributed by atoms with Crippen molar-refractivity contribution in [2.75, 3.05) is 31.9 Å². The third-order valence-corrected chi connectivity index (χ3v) is 4.70. The fourth-order valence-electron chi connectivity index (χ4n) is 3.46. The van der Waals surface area contributed by atoms with E-state index in [0.29, 0.717) is 11.8 Å². The van der Waals surface area contributed by atoms with Crippen molar-refractivity contribution < 1.29 is 0 Å². The van der Waals surface area contributed by atoms with Gasteiger partial charge in [0.2, 0.25) is 0 Å². The van der Waals surface area contributed by atoms with E-state index in [1.165, 1.54) is 25.7 Å². The Balaban J connectivity index is 1.63. The number of aromatic nitrogens is 2. The average molecular weight is 289 g/mol. The van der Waals surface area contributed by atoms with Gasteiger partial charge in [0.1, 0.15) is 5.82 Å². The van der Waals surface area contributed by atoms with Crippen molar-refractivity contribution in [2.24, 2.45) is 11.8 Å². The van der Waals surface area contributed by atoms with Crippen molar-refractivity contribution in [1.82, 2.24) is 20.6 Å². The van der Waals surface area contributed by atoms with E-state index < -0.39 is 0 Å². The zero-order valence-electron chi connectivity index (χ0n) is 12.8. The first kappa shape index (κ1) is 14.7. The molecule has 2 fully saturated rings. The fraction of sp³-hybridized carbons (Fsp3) is 0.750. The van der Waals surface area contributed by atoms with Crippen LogP contribution in [-0.2, 0) is 12.8 Å². The summed E-state index contributed by atoms with van der Waals surface area (Å²) in [4.78, 5) is 9.22. The number of nitrogen functional groups attached to an aromatic ring is 1. The standard InChI is InChI=1S/C16H27N5/c17-14-11-20-16(8-13-4-2-6-19-10-13)21-15(14)7-12-3-1-5-18-9-12/h11-13,18-19H,1-10,17H2. The molecular formula is C16H27N5. The van der Waals surface area contributed by atoms with Gasteiger partial charge in [-0.1, -0.05) is 0 Å². The molecule has 0 aliphatic carbocycles. The average Bonchev–Trinajstić information content (AvgIpc) is 2.53. The number of anilines is 1. The minimum absolute atomic E-state index is 0.667. The highest BCUT2D eigenvalue weighted by Gasteiger charge is 2.18. The largest absolute Gasteiger partial charge is 0.396 e. The summed E-state index contributed by atoms with van der Waals surface area (Å²) in [6.07, 6.45) is 8.85. The minimum Gasteiger partial charge on any atom is -0.396 e. The summed E-state index contributed by atoms with van der Waals surface area (Å²) >= 11 is 0. The second-order valence-corrected chi connectivity index (χ2v) is 6.52. The molecular weight excluding hydrogens is 262 g/mol. The van der Waals surface area contributed by atoms with Gasteiger partial charge < -0.3 is 16.4 Å². The summed E-state index contributed by atoms with van der Waals surface area (Å²) < 4.78 is 0. The summed E-state index contributed by atoms with van der Waals surface area (Å²) in [5.74, 6) is 2.31. The van der Waals surface area contributed by atoms with Crippen LogP contribution >= 0.6 is 0 Å². The number of nitrogens with one attached hydrogen (secondary N) is 2. The Labute approximate surface area is 127 Å². The lowest BCUT2D eigenvalue weighted by atomic mass is 9.93. The zero-order chi connectivity index (χ0) is 14.5. The van der Waals surface area contributed by atoms with Gasteiger partial charge in [-0.2, -0.15) is 0 Å². The molecule has 2 unspecified atom stereocenters. The van der Waals surface area contributed by atoms with E-state index in [-0.39, 0.29) is 0 Å². The van der Waals surface area contributed by atoms with Crippen LogP contribution in [0.3, 0.4) is 0 Å². The maximum Gasteiger partial charge on any atom is 0.129 e. The first-order valence-corrected chi connectivity index (χ1v) is 8.33. The lowest BCUT2D eigenvalue weighted by Crippen LogP contribution is -2.32. The minimum atomic E-state index is 0.667. The lowest BCUT2D eigenvalue weighted by molar-refractivity contribution is 0.365. The van der Waals surface area contributed by atoms with Crippen LogP contribution in [0.2, 0.25) is 0 Å². The number of rotatable bonds is 4. The molecule has 3 rings (SSSR count). The van der Waals surface area contributed by atoms with Crippen LogP contribution in [0.25, 0.3) is 0 Å². The molecule has 4 N–H and O–H groups in total. The van der Waals surface area contributed by atoms with E-state index in [2.05, 4.69) is 15.6 Å². The summed E-state index contributed by atoms with van der Waals surface area (Å²) in [5, 5.41) is 6.92. The lowest BCUT2D eigenvalue weighted by Gasteiger charge is -2.24. The van der Waals surface area contributed by atoms with Crippen LogP contribution in [0.5, 0.6) is 0 Å². The molecule has 0 radical (unpaired) electrons. The Bertz CT molecular complexity index is 450. The fourth-order valence-corrected chi connectivity index (χ4v) is 3.46. The molecule has 2 saturated heterocycles. The smallest absolute Gasteiger partial charge is 0.129 e. The van der Waals surface area contributed by atoms with Gasteiger partial charge in [-0.05, 0) is 70.1 Å². The first-order valence-electron chi connectivity index (χ1n) is 8.33. The number of nitrogens with zero attached hydrogens (tertiary/aromatic N) is 2. The molecule has 0 amide bonds. The van der Waals surface area contributed by atoms with Crippen molar-refractivity contribution in [2.45, 2.75) is 38.5 Å². The van der Waals surface area contributed by atoms with Crippen LogP contribution < -0.4 is 16.4 Å². The van der Waals surface area contributed by atoms with Gasteiger partial charge in [0.15, 0.2) is 0 Å². The summed E-state index contributed by atoms with van der Waals surface area (Å²) in [6.45, 7) is 4.48. The maximum absolute atomic E-state index is 6.08. The van der Waals surface area contributed by atoms with Crippen molar-refractivity contribution in [3.05, 3.63) is 17.7 Å². The summed E-state index contributed by atoms with van der Waals surface area (Å²) in [5.41, 5.74) is 7.89. The molecule has 0 spiro atoms. The van der Waals surface area contributed by atoms with Gasteiger partial charge in [-0.3, -0.25) is 0 Å². The van der Waals surface area contributed by atoms with Crippen molar-refractivity contribution in [3.8, 4) is 0 Å². The second kappa shape index (κ2) is 7.18.